The van der Waals surface area contributed by atoms with Gasteiger partial charge in [-0.05, 0) is 46.0 Å². The van der Waals surface area contributed by atoms with E-state index in [1.54, 1.807) is 48.9 Å². The van der Waals surface area contributed by atoms with Gasteiger partial charge in [0.2, 0.25) is 0 Å². The van der Waals surface area contributed by atoms with Gasteiger partial charge in [0.05, 0.1) is 7.11 Å². The normalized spacial score (nSPS) is 16.5. The summed E-state index contributed by atoms with van der Waals surface area (Å²) in [6.45, 7) is -0.0501. The van der Waals surface area contributed by atoms with Gasteiger partial charge in [-0.1, -0.05) is 131 Å². The van der Waals surface area contributed by atoms with E-state index in [1.165, 1.54) is 41.2 Å². The number of ether oxygens (including phenoxy) is 2. The van der Waals surface area contributed by atoms with E-state index in [0.29, 0.717) is 28.0 Å². The van der Waals surface area contributed by atoms with Crippen LogP contribution in [0.5, 0.6) is 5.75 Å². The van der Waals surface area contributed by atoms with Crippen LogP contribution < -0.4 is 15.4 Å². The van der Waals surface area contributed by atoms with Gasteiger partial charge in [-0.25, -0.2) is 9.78 Å². The molecule has 0 spiro atoms. The molecule has 308 valence electrons. The Morgan fingerprint density at radius 1 is 0.934 bits per heavy atom. The number of benzene rings is 4. The van der Waals surface area contributed by atoms with Gasteiger partial charge in [-0.2, -0.15) is 0 Å². The third kappa shape index (κ3) is 8.53. The lowest BCUT2D eigenvalue weighted by Crippen LogP contribution is -2.71. The number of hydrogen-bond donors (Lipinski definition) is 2. The van der Waals surface area contributed by atoms with Crippen LogP contribution in [-0.2, 0) is 36.1 Å². The van der Waals surface area contributed by atoms with Gasteiger partial charge in [0.15, 0.2) is 21.8 Å². The number of carbonyl (C=O) groups is 3. The number of anilines is 1. The minimum absolute atomic E-state index is 0.0501. The number of β-lactam (4-membered cyclic amide) rings is 1. The number of nitrogens with one attached hydrogen (secondary N) is 2. The van der Waals surface area contributed by atoms with Crippen molar-refractivity contribution in [2.24, 2.45) is 5.16 Å². The summed E-state index contributed by atoms with van der Waals surface area (Å²) in [5, 5.41) is 16.0. The van der Waals surface area contributed by atoms with Crippen LogP contribution in [0.15, 0.2) is 154 Å². The number of oxime groups is 1. The predicted octanol–water partition coefficient (Wildman–Crippen LogP) is 7.66. The molecule has 2 atom stereocenters. The number of halogens is 1. The number of fused-ring (bicyclic) bond motifs is 1. The zero-order valence-corrected chi connectivity index (χ0v) is 35.1. The summed E-state index contributed by atoms with van der Waals surface area (Å²) in [6.07, 6.45) is 3.26. The Hall–Kier alpha value is -6.68. The number of rotatable bonds is 15. The smallest absolute Gasteiger partial charge is 0.355 e. The van der Waals surface area contributed by atoms with Crippen molar-refractivity contribution in [3.63, 3.8) is 0 Å². The minimum atomic E-state index is -0.999. The van der Waals surface area contributed by atoms with Gasteiger partial charge in [-0.15, -0.1) is 23.1 Å². The Morgan fingerprint density at radius 2 is 1.57 bits per heavy atom. The van der Waals surface area contributed by atoms with Crippen LogP contribution in [-0.4, -0.2) is 69.9 Å². The van der Waals surface area contributed by atoms with Gasteiger partial charge in [0.25, 0.3) is 11.8 Å². The molecule has 1 saturated heterocycles. The Balaban J connectivity index is 1.04. The second-order valence-electron chi connectivity index (χ2n) is 13.7. The molecule has 2 amide bonds. The molecule has 8 rings (SSSR count). The monoisotopic (exact) mass is 872 g/mol. The molecular formula is C45H37ClN6O7S2. The predicted molar refractivity (Wildman–Crippen MR) is 234 cm³/mol. The SMILES string of the molecule is CO/N=C(\C(=O)N[C@@H]1C(=O)N2C(C(=O)OCc3ccc(OC)cc3)=C(/C=C/c3cc(Cl)no3)CS[C@H]12)c1csc(NC(c2ccccc2)(c2ccccc2)c2ccccc2)n1. The number of thiazole rings is 1. The van der Waals surface area contributed by atoms with Crippen LogP contribution >= 0.6 is 34.7 Å². The zero-order chi connectivity index (χ0) is 42.3. The largest absolute Gasteiger partial charge is 0.497 e. The van der Waals surface area contributed by atoms with Gasteiger partial charge in [0, 0.05) is 17.2 Å². The molecule has 13 nitrogen and oxygen atoms in total. The van der Waals surface area contributed by atoms with E-state index in [0.717, 1.165) is 22.3 Å². The summed E-state index contributed by atoms with van der Waals surface area (Å²) in [5.41, 5.74) is 3.45. The van der Waals surface area contributed by atoms with E-state index in [-0.39, 0.29) is 28.9 Å². The summed E-state index contributed by atoms with van der Waals surface area (Å²) in [6, 6.07) is 37.8. The summed E-state index contributed by atoms with van der Waals surface area (Å²) in [5.74, 6) is -0.586. The van der Waals surface area contributed by atoms with E-state index >= 15 is 0 Å². The van der Waals surface area contributed by atoms with E-state index in [1.807, 2.05) is 54.6 Å². The Morgan fingerprint density at radius 3 is 2.15 bits per heavy atom. The first-order valence-corrected chi connectivity index (χ1v) is 21.2. The third-order valence-corrected chi connectivity index (χ3v) is 12.3. The molecule has 2 aliphatic heterocycles. The van der Waals surface area contributed by atoms with Crippen molar-refractivity contribution in [3.05, 3.63) is 183 Å². The molecule has 16 heteroatoms. The number of amides is 2. The highest BCUT2D eigenvalue weighted by atomic mass is 35.5. The van der Waals surface area contributed by atoms with Crippen LogP contribution in [0, 0.1) is 0 Å². The molecule has 4 aromatic carbocycles. The van der Waals surface area contributed by atoms with Crippen molar-refractivity contribution in [3.8, 4) is 5.75 Å². The highest BCUT2D eigenvalue weighted by Crippen LogP contribution is 2.43. The van der Waals surface area contributed by atoms with Crippen molar-refractivity contribution in [2.45, 2.75) is 23.6 Å². The number of methoxy groups -OCH3 is 1. The standard InChI is InChI=1S/C45H37ClN6O7S2/c1-56-33-21-18-28(19-22-33)25-58-43(55)39-29(20-23-34-24-36(46)50-59-34)26-60-42-38(41(54)52(39)42)48-40(53)37(51-57-2)35-27-61-44(47-35)49-45(30-12-6-3-7-13-30,31-14-8-4-9-15-31)32-16-10-5-11-17-32/h3-24,27,38,42H,25-26H2,1-2H3,(H,47,49)(H,48,53)/b23-20+,51-37-/t38-,42-/m1/s1. The molecule has 0 radical (unpaired) electrons. The van der Waals surface area contributed by atoms with Gasteiger partial charge < -0.3 is 29.5 Å². The van der Waals surface area contributed by atoms with E-state index in [9.17, 15) is 14.4 Å². The fourth-order valence-electron chi connectivity index (χ4n) is 7.11. The number of carbonyl (C=O) groups excluding carboxylic acids is 3. The maximum absolute atomic E-state index is 14.1. The molecule has 2 aromatic heterocycles. The van der Waals surface area contributed by atoms with Crippen LogP contribution in [0.2, 0.25) is 5.15 Å². The second kappa shape index (κ2) is 18.3. The molecule has 6 aromatic rings. The van der Waals surface area contributed by atoms with Crippen LogP contribution in [0.25, 0.3) is 6.08 Å². The quantitative estimate of drug-likeness (QED) is 0.0343. The second-order valence-corrected chi connectivity index (χ2v) is 16.0. The van der Waals surface area contributed by atoms with Crippen molar-refractivity contribution in [2.75, 3.05) is 25.3 Å². The van der Waals surface area contributed by atoms with E-state index in [2.05, 4.69) is 57.3 Å². The number of esters is 1. The maximum atomic E-state index is 14.1. The van der Waals surface area contributed by atoms with Crippen molar-refractivity contribution < 1.29 is 33.2 Å². The number of allylic oxidation sites excluding steroid dienone is 1. The molecule has 2 aliphatic rings. The van der Waals surface area contributed by atoms with E-state index in [4.69, 9.17) is 35.4 Å². The highest BCUT2D eigenvalue weighted by Gasteiger charge is 2.54. The molecule has 0 aliphatic carbocycles. The lowest BCUT2D eigenvalue weighted by Gasteiger charge is -2.49. The average molecular weight is 873 g/mol. The van der Waals surface area contributed by atoms with E-state index < -0.39 is 34.7 Å². The number of thioether (sulfide) groups is 1. The van der Waals surface area contributed by atoms with Crippen molar-refractivity contribution in [1.29, 1.82) is 0 Å². The summed E-state index contributed by atoms with van der Waals surface area (Å²) < 4.78 is 16.2. The number of hydrogen-bond acceptors (Lipinski definition) is 13. The fraction of sp³-hybridized carbons (Fsp3) is 0.156. The van der Waals surface area contributed by atoms with Gasteiger partial charge >= 0.3 is 5.97 Å². The van der Waals surface area contributed by atoms with Crippen LogP contribution in [0.4, 0.5) is 5.13 Å². The molecule has 1 fully saturated rings. The molecular weight excluding hydrogens is 836 g/mol. The zero-order valence-electron chi connectivity index (χ0n) is 32.7. The van der Waals surface area contributed by atoms with Crippen LogP contribution in [0.3, 0.4) is 0 Å². The molecule has 0 unspecified atom stereocenters. The molecule has 0 bridgehead atoms. The molecule has 0 saturated carbocycles. The summed E-state index contributed by atoms with van der Waals surface area (Å²) in [4.78, 5) is 53.1. The number of nitrogens with zero attached hydrogens (tertiary/aromatic N) is 4. The fourth-order valence-corrected chi connectivity index (χ4v) is 9.32. The third-order valence-electron chi connectivity index (χ3n) is 10.0. The topological polar surface area (TPSA) is 157 Å². The van der Waals surface area contributed by atoms with Crippen molar-refractivity contribution >= 4 is 69.4 Å². The Bertz CT molecular complexity index is 2520. The highest BCUT2D eigenvalue weighted by molar-refractivity contribution is 8.00. The lowest BCUT2D eigenvalue weighted by molar-refractivity contribution is -0.153. The lowest BCUT2D eigenvalue weighted by atomic mass is 9.77. The van der Waals surface area contributed by atoms with Gasteiger partial charge in [-0.3, -0.25) is 14.5 Å². The Kier molecular flexibility index (Phi) is 12.3. The first-order valence-electron chi connectivity index (χ1n) is 18.9. The number of aromatic nitrogens is 2. The summed E-state index contributed by atoms with van der Waals surface area (Å²) in [7, 11) is 2.89. The Labute approximate surface area is 364 Å². The van der Waals surface area contributed by atoms with Crippen molar-refractivity contribution in [1.82, 2.24) is 20.4 Å². The maximum Gasteiger partial charge on any atom is 0.355 e. The molecule has 4 heterocycles. The average Bonchev–Trinajstić information content (AvgIpc) is 3.96. The van der Waals surface area contributed by atoms with Crippen LogP contribution in [0.1, 0.15) is 33.7 Å². The van der Waals surface area contributed by atoms with Gasteiger partial charge in [0.1, 0.15) is 47.8 Å². The summed E-state index contributed by atoms with van der Waals surface area (Å²) >= 11 is 8.61. The first-order chi connectivity index (χ1) is 29.8. The minimum Gasteiger partial charge on any atom is -0.497 e. The molecule has 61 heavy (non-hydrogen) atoms. The molecule has 2 N–H and O–H groups in total. The first kappa shape index (κ1) is 41.1.